The molecule has 168 valence electrons. The fourth-order valence-corrected chi connectivity index (χ4v) is 4.17. The van der Waals surface area contributed by atoms with Crippen LogP contribution < -0.4 is 4.90 Å². The van der Waals surface area contributed by atoms with Crippen LogP contribution in [-0.4, -0.2) is 53.8 Å². The number of nitrogens with zero attached hydrogens (tertiary/aromatic N) is 4. The molecule has 1 saturated heterocycles. The van der Waals surface area contributed by atoms with Crippen molar-refractivity contribution in [2.45, 2.75) is 65.5 Å². The smallest absolute Gasteiger partial charge is 0.410 e. The van der Waals surface area contributed by atoms with Gasteiger partial charge in [-0.1, -0.05) is 0 Å². The first-order valence-corrected chi connectivity index (χ1v) is 11.0. The number of carbonyl (C=O) groups is 2. The van der Waals surface area contributed by atoms with Gasteiger partial charge in [0, 0.05) is 37.3 Å². The van der Waals surface area contributed by atoms with Gasteiger partial charge in [0.15, 0.2) is 5.69 Å². The number of rotatable bonds is 4. The van der Waals surface area contributed by atoms with E-state index >= 15 is 0 Å². The number of piperidine rings is 1. The number of hydrogen-bond donors (Lipinski definition) is 0. The number of amides is 1. The Morgan fingerprint density at radius 2 is 2.10 bits per heavy atom. The van der Waals surface area contributed by atoms with Crippen molar-refractivity contribution in [3.05, 3.63) is 23.0 Å². The Labute approximate surface area is 184 Å². The zero-order valence-electron chi connectivity index (χ0n) is 18.9. The number of pyridine rings is 1. The van der Waals surface area contributed by atoms with Crippen LogP contribution >= 0.6 is 0 Å². The van der Waals surface area contributed by atoms with E-state index in [1.165, 1.54) is 0 Å². The molecule has 0 bridgehead atoms. The van der Waals surface area contributed by atoms with Gasteiger partial charge in [-0.05, 0) is 58.9 Å². The third-order valence-corrected chi connectivity index (χ3v) is 5.53. The van der Waals surface area contributed by atoms with Crippen LogP contribution in [0, 0.1) is 17.2 Å². The summed E-state index contributed by atoms with van der Waals surface area (Å²) in [5.41, 5.74) is 2.42. The molecule has 1 amide bonds. The van der Waals surface area contributed by atoms with E-state index in [0.717, 1.165) is 37.2 Å². The largest absolute Gasteiger partial charge is 0.461 e. The van der Waals surface area contributed by atoms with E-state index in [9.17, 15) is 9.59 Å². The summed E-state index contributed by atoms with van der Waals surface area (Å²) in [6, 6.07) is 4.10. The average Bonchev–Trinajstić information content (AvgIpc) is 2.72. The van der Waals surface area contributed by atoms with Gasteiger partial charge in [0.25, 0.3) is 0 Å². The number of hydrogen-bond acceptors (Lipinski definition) is 7. The summed E-state index contributed by atoms with van der Waals surface area (Å²) in [4.78, 5) is 33.5. The Hall–Kier alpha value is -2.82. The Morgan fingerprint density at radius 1 is 1.32 bits per heavy atom. The normalized spacial score (nSPS) is 18.7. The highest BCUT2D eigenvalue weighted by atomic mass is 16.6. The quantitative estimate of drug-likeness (QED) is 0.675. The van der Waals surface area contributed by atoms with Gasteiger partial charge in [0.2, 0.25) is 0 Å². The molecule has 1 aromatic rings. The number of anilines is 1. The summed E-state index contributed by atoms with van der Waals surface area (Å²) in [7, 11) is 0. The first kappa shape index (κ1) is 22.9. The molecular formula is C23H32N4O4. The molecule has 0 aromatic carbocycles. The third-order valence-electron chi connectivity index (χ3n) is 5.53. The van der Waals surface area contributed by atoms with Gasteiger partial charge in [0.1, 0.15) is 5.60 Å². The SMILES string of the molecule is CCOC(=O)c1cc(N2CCC[C@@H](CC#N)C2)c2c(n1)CN(C(=O)OC(C)(C)C)CC2. The van der Waals surface area contributed by atoms with Crippen molar-refractivity contribution in [2.75, 3.05) is 31.1 Å². The third kappa shape index (κ3) is 5.66. The second kappa shape index (κ2) is 9.54. The Bertz CT molecular complexity index is 872. The lowest BCUT2D eigenvalue weighted by Crippen LogP contribution is -2.42. The molecular weight excluding hydrogens is 396 g/mol. The maximum Gasteiger partial charge on any atom is 0.410 e. The minimum absolute atomic E-state index is 0.254. The molecule has 1 aromatic heterocycles. The van der Waals surface area contributed by atoms with Crippen LogP contribution in [0.1, 0.15) is 68.7 Å². The van der Waals surface area contributed by atoms with Crippen molar-refractivity contribution in [2.24, 2.45) is 5.92 Å². The topological polar surface area (TPSA) is 95.8 Å². The monoisotopic (exact) mass is 428 g/mol. The molecule has 8 nitrogen and oxygen atoms in total. The molecule has 8 heteroatoms. The molecule has 3 heterocycles. The molecule has 31 heavy (non-hydrogen) atoms. The summed E-state index contributed by atoms with van der Waals surface area (Å²) in [6.07, 6.45) is 2.83. The van der Waals surface area contributed by atoms with Gasteiger partial charge >= 0.3 is 12.1 Å². The van der Waals surface area contributed by atoms with Crippen LogP contribution in [0.25, 0.3) is 0 Å². The summed E-state index contributed by atoms with van der Waals surface area (Å²) >= 11 is 0. The Morgan fingerprint density at radius 3 is 2.77 bits per heavy atom. The summed E-state index contributed by atoms with van der Waals surface area (Å²) < 4.78 is 10.7. The molecule has 0 spiro atoms. The lowest BCUT2D eigenvalue weighted by atomic mass is 9.93. The maximum absolute atomic E-state index is 12.6. The van der Waals surface area contributed by atoms with Crippen LogP contribution in [0.5, 0.6) is 0 Å². The van der Waals surface area contributed by atoms with Crippen LogP contribution in [0.3, 0.4) is 0 Å². The molecule has 2 aliphatic rings. The minimum Gasteiger partial charge on any atom is -0.461 e. The van der Waals surface area contributed by atoms with Gasteiger partial charge < -0.3 is 19.3 Å². The highest BCUT2D eigenvalue weighted by Crippen LogP contribution is 2.33. The number of esters is 1. The number of aromatic nitrogens is 1. The van der Waals surface area contributed by atoms with Crippen LogP contribution in [0.15, 0.2) is 6.07 Å². The lowest BCUT2D eigenvalue weighted by molar-refractivity contribution is 0.0221. The van der Waals surface area contributed by atoms with E-state index in [1.807, 2.05) is 26.8 Å². The summed E-state index contributed by atoms with van der Waals surface area (Å²) in [6.45, 7) is 10.0. The highest BCUT2D eigenvalue weighted by molar-refractivity contribution is 5.89. The molecule has 1 fully saturated rings. The van der Waals surface area contributed by atoms with E-state index < -0.39 is 11.6 Å². The fraction of sp³-hybridized carbons (Fsp3) is 0.652. The van der Waals surface area contributed by atoms with E-state index in [4.69, 9.17) is 14.7 Å². The van der Waals surface area contributed by atoms with Gasteiger partial charge in [-0.25, -0.2) is 14.6 Å². The van der Waals surface area contributed by atoms with Crippen molar-refractivity contribution in [1.82, 2.24) is 9.88 Å². The van der Waals surface area contributed by atoms with Crippen molar-refractivity contribution < 1.29 is 19.1 Å². The molecule has 1 atom stereocenters. The minimum atomic E-state index is -0.577. The number of ether oxygens (including phenoxy) is 2. The molecule has 0 unspecified atom stereocenters. The predicted octanol–water partition coefficient (Wildman–Crippen LogP) is 3.68. The van der Waals surface area contributed by atoms with Gasteiger partial charge in [-0.15, -0.1) is 0 Å². The molecule has 0 radical (unpaired) electrons. The Balaban J connectivity index is 1.92. The molecule has 0 saturated carbocycles. The zero-order valence-corrected chi connectivity index (χ0v) is 18.9. The van der Waals surface area contributed by atoms with Crippen molar-refractivity contribution in [3.63, 3.8) is 0 Å². The van der Waals surface area contributed by atoms with E-state index in [-0.39, 0.29) is 18.4 Å². The first-order valence-electron chi connectivity index (χ1n) is 11.0. The molecule has 0 N–H and O–H groups in total. The lowest BCUT2D eigenvalue weighted by Gasteiger charge is -2.37. The van der Waals surface area contributed by atoms with Crippen molar-refractivity contribution in [3.8, 4) is 6.07 Å². The summed E-state index contributed by atoms with van der Waals surface area (Å²) in [5.74, 6) is -0.151. The van der Waals surface area contributed by atoms with E-state index in [1.54, 1.807) is 11.8 Å². The maximum atomic E-state index is 12.6. The van der Waals surface area contributed by atoms with E-state index in [2.05, 4.69) is 16.0 Å². The molecule has 2 aliphatic heterocycles. The molecule has 3 rings (SSSR count). The second-order valence-electron chi connectivity index (χ2n) is 9.14. The van der Waals surface area contributed by atoms with Gasteiger partial charge in [-0.2, -0.15) is 5.26 Å². The number of fused-ring (bicyclic) bond motifs is 1. The van der Waals surface area contributed by atoms with Crippen LogP contribution in [0.4, 0.5) is 10.5 Å². The standard InChI is InChI=1S/C23H32N4O4/c1-5-30-21(28)18-13-20(26-11-6-7-16(14-26)8-10-24)17-9-12-27(15-19(17)25-18)22(29)31-23(2,3)4/h13,16H,5-9,11-12,14-15H2,1-4H3/t16-/m0/s1. The number of carbonyl (C=O) groups excluding carboxylic acids is 2. The predicted molar refractivity (Wildman–Crippen MR) is 116 cm³/mol. The Kier molecular flexibility index (Phi) is 7.04. The fourth-order valence-electron chi connectivity index (χ4n) is 4.17. The van der Waals surface area contributed by atoms with Crippen LogP contribution in [0.2, 0.25) is 0 Å². The van der Waals surface area contributed by atoms with E-state index in [0.29, 0.717) is 37.5 Å². The van der Waals surface area contributed by atoms with Gasteiger partial charge in [0.05, 0.1) is 24.9 Å². The first-order chi connectivity index (χ1) is 14.7. The highest BCUT2D eigenvalue weighted by Gasteiger charge is 2.31. The summed E-state index contributed by atoms with van der Waals surface area (Å²) in [5, 5.41) is 9.12. The van der Waals surface area contributed by atoms with Gasteiger partial charge in [-0.3, -0.25) is 0 Å². The average molecular weight is 429 g/mol. The zero-order chi connectivity index (χ0) is 22.6. The van der Waals surface area contributed by atoms with Crippen LogP contribution in [-0.2, 0) is 22.4 Å². The molecule has 0 aliphatic carbocycles. The second-order valence-corrected chi connectivity index (χ2v) is 9.14. The number of nitriles is 1. The van der Waals surface area contributed by atoms with Crippen molar-refractivity contribution in [1.29, 1.82) is 5.26 Å². The van der Waals surface area contributed by atoms with Crippen molar-refractivity contribution >= 4 is 17.7 Å².